The molecule has 0 N–H and O–H groups in total. The third-order valence-corrected chi connectivity index (χ3v) is 4.71. The molecule has 1 atom stereocenters. The summed E-state index contributed by atoms with van der Waals surface area (Å²) in [5.41, 5.74) is 3.96. The van der Waals surface area contributed by atoms with Gasteiger partial charge in [0.15, 0.2) is 0 Å². The van der Waals surface area contributed by atoms with Crippen molar-refractivity contribution in [3.63, 3.8) is 0 Å². The molecular weight excluding hydrogens is 260 g/mol. The molecule has 1 aromatic carbocycles. The minimum Gasteiger partial charge on any atom is -0.367 e. The second-order valence-corrected chi connectivity index (χ2v) is 5.98. The first-order valence-corrected chi connectivity index (χ1v) is 8.02. The highest BCUT2D eigenvalue weighted by Crippen LogP contribution is 2.39. The fraction of sp³-hybridized carbons (Fsp3) is 0.500. The molecule has 2 aliphatic heterocycles. The Hall–Kier alpha value is -1.77. The average Bonchev–Trinajstić information content (AvgIpc) is 2.93. The molecule has 0 saturated carbocycles. The van der Waals surface area contributed by atoms with Crippen LogP contribution >= 0.6 is 0 Å². The number of aryl methyl sites for hydroxylation is 1. The summed E-state index contributed by atoms with van der Waals surface area (Å²) in [4.78, 5) is 16.6. The molecule has 1 aromatic rings. The zero-order chi connectivity index (χ0) is 14.8. The van der Waals surface area contributed by atoms with Gasteiger partial charge in [0.05, 0.1) is 6.04 Å². The van der Waals surface area contributed by atoms with Crippen molar-refractivity contribution >= 4 is 11.6 Å². The zero-order valence-corrected chi connectivity index (χ0v) is 12.8. The molecule has 1 saturated heterocycles. The van der Waals surface area contributed by atoms with Gasteiger partial charge in [0.25, 0.3) is 0 Å². The van der Waals surface area contributed by atoms with E-state index in [-0.39, 0.29) is 6.04 Å². The molecule has 0 spiro atoms. The van der Waals surface area contributed by atoms with Crippen molar-refractivity contribution < 1.29 is 4.79 Å². The minimum absolute atomic E-state index is 0.266. The maximum atomic E-state index is 12.1. The molecule has 0 aliphatic carbocycles. The van der Waals surface area contributed by atoms with Gasteiger partial charge in [-0.1, -0.05) is 25.1 Å². The third kappa shape index (κ3) is 2.57. The smallest absolute Gasteiger partial charge is 0.223 e. The summed E-state index contributed by atoms with van der Waals surface area (Å²) in [5, 5.41) is 0. The van der Waals surface area contributed by atoms with E-state index in [0.717, 1.165) is 45.3 Å². The lowest BCUT2D eigenvalue weighted by atomic mass is 9.92. The van der Waals surface area contributed by atoms with E-state index in [9.17, 15) is 4.79 Å². The molecule has 1 amide bonds. The van der Waals surface area contributed by atoms with Crippen molar-refractivity contribution in [2.45, 2.75) is 38.6 Å². The van der Waals surface area contributed by atoms with Crippen LogP contribution in [0.2, 0.25) is 0 Å². The molecule has 0 radical (unpaired) electrons. The average molecular weight is 284 g/mol. The van der Waals surface area contributed by atoms with Gasteiger partial charge in [-0.25, -0.2) is 0 Å². The van der Waals surface area contributed by atoms with Crippen LogP contribution < -0.4 is 4.90 Å². The van der Waals surface area contributed by atoms with Crippen molar-refractivity contribution in [1.82, 2.24) is 4.90 Å². The Morgan fingerprint density at radius 2 is 2.24 bits per heavy atom. The van der Waals surface area contributed by atoms with Gasteiger partial charge >= 0.3 is 0 Å². The number of carbonyl (C=O) groups excluding carboxylic acids is 1. The maximum absolute atomic E-state index is 12.1. The van der Waals surface area contributed by atoms with Gasteiger partial charge in [-0.15, -0.1) is 6.58 Å². The van der Waals surface area contributed by atoms with E-state index >= 15 is 0 Å². The summed E-state index contributed by atoms with van der Waals surface area (Å²) in [6.07, 6.45) is 5.75. The molecule has 0 bridgehead atoms. The number of nitrogens with zero attached hydrogens (tertiary/aromatic N) is 2. The normalized spacial score (nSPS) is 21.6. The predicted molar refractivity (Wildman–Crippen MR) is 86.5 cm³/mol. The number of amides is 1. The Kier molecular flexibility index (Phi) is 4.00. The molecule has 3 rings (SSSR count). The molecule has 112 valence electrons. The monoisotopic (exact) mass is 284 g/mol. The van der Waals surface area contributed by atoms with Crippen LogP contribution in [0.5, 0.6) is 0 Å². The fourth-order valence-electron chi connectivity index (χ4n) is 3.60. The van der Waals surface area contributed by atoms with Gasteiger partial charge in [-0.3, -0.25) is 4.79 Å². The lowest BCUT2D eigenvalue weighted by Gasteiger charge is -2.39. The summed E-state index contributed by atoms with van der Waals surface area (Å²) < 4.78 is 0. The van der Waals surface area contributed by atoms with E-state index < -0.39 is 0 Å². The standard InChI is InChI=1S/C18H24N2O/c1-3-10-19-12-9-17(20-11-5-6-18(20)21)15-13-14(4-2)7-8-16(15)19/h3,7-8,13,17H,1,4-6,9-12H2,2H3. The van der Waals surface area contributed by atoms with Crippen LogP contribution in [0, 0.1) is 0 Å². The minimum atomic E-state index is 0.266. The van der Waals surface area contributed by atoms with Gasteiger partial charge in [0.1, 0.15) is 0 Å². The van der Waals surface area contributed by atoms with E-state index in [4.69, 9.17) is 0 Å². The van der Waals surface area contributed by atoms with Crippen LogP contribution in [0.1, 0.15) is 43.4 Å². The second kappa shape index (κ2) is 5.92. The van der Waals surface area contributed by atoms with Crippen molar-refractivity contribution in [3.05, 3.63) is 42.0 Å². The maximum Gasteiger partial charge on any atom is 0.223 e. The molecule has 0 aromatic heterocycles. The van der Waals surface area contributed by atoms with E-state index in [0.29, 0.717) is 5.91 Å². The Morgan fingerprint density at radius 1 is 1.38 bits per heavy atom. The number of hydrogen-bond donors (Lipinski definition) is 0. The van der Waals surface area contributed by atoms with Crippen LogP contribution in [0.3, 0.4) is 0 Å². The highest BCUT2D eigenvalue weighted by molar-refractivity contribution is 5.79. The molecule has 1 unspecified atom stereocenters. The number of anilines is 1. The highest BCUT2D eigenvalue weighted by Gasteiger charge is 2.33. The molecule has 3 nitrogen and oxygen atoms in total. The Labute approximate surface area is 127 Å². The first-order chi connectivity index (χ1) is 10.2. The van der Waals surface area contributed by atoms with Gasteiger partial charge in [0.2, 0.25) is 5.91 Å². The van der Waals surface area contributed by atoms with E-state index in [1.165, 1.54) is 16.8 Å². The second-order valence-electron chi connectivity index (χ2n) is 5.98. The van der Waals surface area contributed by atoms with Crippen LogP contribution in [0.4, 0.5) is 5.69 Å². The van der Waals surface area contributed by atoms with E-state index in [2.05, 4.69) is 41.5 Å². The van der Waals surface area contributed by atoms with Crippen LogP contribution in [0.25, 0.3) is 0 Å². The predicted octanol–water partition coefficient (Wildman–Crippen LogP) is 3.31. The largest absolute Gasteiger partial charge is 0.367 e. The van der Waals surface area contributed by atoms with Crippen LogP contribution in [-0.2, 0) is 11.2 Å². The topological polar surface area (TPSA) is 23.6 Å². The van der Waals surface area contributed by atoms with Crippen LogP contribution in [0.15, 0.2) is 30.9 Å². The lowest BCUT2D eigenvalue weighted by Crippen LogP contribution is -2.39. The molecule has 21 heavy (non-hydrogen) atoms. The number of likely N-dealkylation sites (tertiary alicyclic amines) is 1. The summed E-state index contributed by atoms with van der Waals surface area (Å²) in [6, 6.07) is 7.01. The molecule has 1 fully saturated rings. The number of hydrogen-bond acceptors (Lipinski definition) is 2. The van der Waals surface area contributed by atoms with Crippen molar-refractivity contribution in [3.8, 4) is 0 Å². The summed E-state index contributed by atoms with van der Waals surface area (Å²) in [7, 11) is 0. The Balaban J connectivity index is 1.99. The van der Waals surface area contributed by atoms with E-state index in [1.54, 1.807) is 0 Å². The summed E-state index contributed by atoms with van der Waals surface area (Å²) >= 11 is 0. The van der Waals surface area contributed by atoms with Gasteiger partial charge in [0, 0.05) is 31.7 Å². The quantitative estimate of drug-likeness (QED) is 0.792. The van der Waals surface area contributed by atoms with Crippen molar-refractivity contribution in [2.24, 2.45) is 0 Å². The number of benzene rings is 1. The highest BCUT2D eigenvalue weighted by atomic mass is 16.2. The number of fused-ring (bicyclic) bond motifs is 1. The first kappa shape index (κ1) is 14.2. The summed E-state index contributed by atoms with van der Waals surface area (Å²) in [5.74, 6) is 0.324. The number of rotatable bonds is 4. The summed E-state index contributed by atoms with van der Waals surface area (Å²) in [6.45, 7) is 8.84. The van der Waals surface area contributed by atoms with Gasteiger partial charge in [-0.05, 0) is 36.5 Å². The Morgan fingerprint density at radius 3 is 2.90 bits per heavy atom. The van der Waals surface area contributed by atoms with Crippen molar-refractivity contribution in [1.29, 1.82) is 0 Å². The first-order valence-electron chi connectivity index (χ1n) is 8.02. The molecule has 2 aliphatic rings. The van der Waals surface area contributed by atoms with Crippen LogP contribution in [-0.4, -0.2) is 30.4 Å². The lowest BCUT2D eigenvalue weighted by molar-refractivity contribution is -0.130. The number of carbonyl (C=O) groups is 1. The third-order valence-electron chi connectivity index (χ3n) is 4.71. The fourth-order valence-corrected chi connectivity index (χ4v) is 3.60. The van der Waals surface area contributed by atoms with Crippen molar-refractivity contribution in [2.75, 3.05) is 24.5 Å². The van der Waals surface area contributed by atoms with Gasteiger partial charge < -0.3 is 9.80 Å². The zero-order valence-electron chi connectivity index (χ0n) is 12.8. The van der Waals surface area contributed by atoms with E-state index in [1.807, 2.05) is 6.08 Å². The SMILES string of the molecule is C=CCN1CCC(N2CCCC2=O)c2cc(CC)ccc21. The molecule has 3 heteroatoms. The Bertz CT molecular complexity index is 552. The molecule has 2 heterocycles. The van der Waals surface area contributed by atoms with Gasteiger partial charge in [-0.2, -0.15) is 0 Å². The molecular formula is C18H24N2O.